The minimum absolute atomic E-state index is 0.0311. The van der Waals surface area contributed by atoms with Crippen molar-refractivity contribution in [1.29, 1.82) is 0 Å². The van der Waals surface area contributed by atoms with Crippen LogP contribution in [0, 0.1) is 11.8 Å². The highest BCUT2D eigenvalue weighted by molar-refractivity contribution is 7.91. The molecule has 0 bridgehead atoms. The van der Waals surface area contributed by atoms with E-state index in [0.717, 1.165) is 6.42 Å². The number of sulfone groups is 1. The molecular formula is C14H18O3S. The fourth-order valence-electron chi connectivity index (χ4n) is 2.45. The van der Waals surface area contributed by atoms with Gasteiger partial charge in [0.1, 0.15) is 5.78 Å². The van der Waals surface area contributed by atoms with Gasteiger partial charge in [-0.3, -0.25) is 4.79 Å². The Balaban J connectivity index is 2.15. The Morgan fingerprint density at radius 1 is 1.22 bits per heavy atom. The summed E-state index contributed by atoms with van der Waals surface area (Å²) in [5.41, 5.74) is 0. The summed E-state index contributed by atoms with van der Waals surface area (Å²) in [4.78, 5) is 11.8. The van der Waals surface area contributed by atoms with Crippen LogP contribution in [0.15, 0.2) is 35.2 Å². The lowest BCUT2D eigenvalue weighted by molar-refractivity contribution is -0.122. The largest absolute Gasteiger partial charge is 0.300 e. The second-order valence-electron chi connectivity index (χ2n) is 5.11. The van der Waals surface area contributed by atoms with Crippen LogP contribution < -0.4 is 0 Å². The van der Waals surface area contributed by atoms with Gasteiger partial charge >= 0.3 is 0 Å². The molecule has 4 heteroatoms. The second-order valence-corrected chi connectivity index (χ2v) is 7.15. The number of rotatable bonds is 3. The molecule has 0 spiro atoms. The molecular weight excluding hydrogens is 248 g/mol. The smallest absolute Gasteiger partial charge is 0.178 e. The monoisotopic (exact) mass is 266 g/mol. The fraction of sp³-hybridized carbons (Fsp3) is 0.500. The van der Waals surface area contributed by atoms with Gasteiger partial charge in [-0.1, -0.05) is 25.1 Å². The zero-order chi connectivity index (χ0) is 13.2. The maximum Gasteiger partial charge on any atom is 0.178 e. The standard InChI is InChI=1S/C14H18O3S/c1-11-7-8-13(15)9-12(11)10-18(16,17)14-5-3-2-4-6-14/h2-6,11-12H,7-10H2,1H3/t11-,12+/m1/s1. The molecule has 1 aromatic rings. The molecule has 0 radical (unpaired) electrons. The molecule has 0 aliphatic heterocycles. The van der Waals surface area contributed by atoms with Crippen LogP contribution in [-0.2, 0) is 14.6 Å². The average Bonchev–Trinajstić information content (AvgIpc) is 2.35. The number of benzene rings is 1. The molecule has 1 fully saturated rings. The summed E-state index contributed by atoms with van der Waals surface area (Å²) < 4.78 is 24.5. The van der Waals surface area contributed by atoms with Crippen molar-refractivity contribution >= 4 is 15.6 Å². The van der Waals surface area contributed by atoms with E-state index in [4.69, 9.17) is 0 Å². The van der Waals surface area contributed by atoms with Crippen LogP contribution in [0.1, 0.15) is 26.2 Å². The van der Waals surface area contributed by atoms with Crippen molar-refractivity contribution in [2.45, 2.75) is 31.1 Å². The Morgan fingerprint density at radius 2 is 1.89 bits per heavy atom. The molecule has 0 unspecified atom stereocenters. The number of hydrogen-bond donors (Lipinski definition) is 0. The zero-order valence-electron chi connectivity index (χ0n) is 10.5. The first-order valence-electron chi connectivity index (χ1n) is 6.28. The van der Waals surface area contributed by atoms with Crippen LogP contribution in [0.5, 0.6) is 0 Å². The number of carbonyl (C=O) groups is 1. The summed E-state index contributed by atoms with van der Waals surface area (Å²) in [6.45, 7) is 2.04. The molecule has 3 nitrogen and oxygen atoms in total. The Morgan fingerprint density at radius 3 is 2.56 bits per heavy atom. The van der Waals surface area contributed by atoms with E-state index in [-0.39, 0.29) is 17.5 Å². The van der Waals surface area contributed by atoms with Gasteiger partial charge in [-0.05, 0) is 30.4 Å². The molecule has 0 saturated heterocycles. The van der Waals surface area contributed by atoms with Gasteiger partial charge in [-0.15, -0.1) is 0 Å². The summed E-state index contributed by atoms with van der Waals surface area (Å²) in [6.07, 6.45) is 1.82. The number of Topliss-reactive ketones (excluding diaryl/α,β-unsaturated/α-hetero) is 1. The molecule has 2 rings (SSSR count). The summed E-state index contributed by atoms with van der Waals surface area (Å²) >= 11 is 0. The van der Waals surface area contributed by atoms with Crippen LogP contribution in [-0.4, -0.2) is 20.0 Å². The average molecular weight is 266 g/mol. The SMILES string of the molecule is C[C@@H]1CCC(=O)C[C@H]1CS(=O)(=O)c1ccccc1. The van der Waals surface area contributed by atoms with E-state index in [0.29, 0.717) is 23.7 Å². The van der Waals surface area contributed by atoms with Gasteiger partial charge in [0.15, 0.2) is 9.84 Å². The Hall–Kier alpha value is -1.16. The Bertz CT molecular complexity index is 519. The molecule has 1 aromatic carbocycles. The van der Waals surface area contributed by atoms with E-state index in [1.54, 1.807) is 30.3 Å². The van der Waals surface area contributed by atoms with Gasteiger partial charge in [0, 0.05) is 12.8 Å². The first-order chi connectivity index (χ1) is 8.49. The van der Waals surface area contributed by atoms with Crippen molar-refractivity contribution in [1.82, 2.24) is 0 Å². The van der Waals surface area contributed by atoms with E-state index in [9.17, 15) is 13.2 Å². The molecule has 98 valence electrons. The molecule has 1 saturated carbocycles. The van der Waals surface area contributed by atoms with Gasteiger partial charge in [0.25, 0.3) is 0 Å². The molecule has 0 aromatic heterocycles. The normalized spacial score (nSPS) is 25.1. The highest BCUT2D eigenvalue weighted by atomic mass is 32.2. The topological polar surface area (TPSA) is 51.2 Å². The third-order valence-corrected chi connectivity index (χ3v) is 5.57. The van der Waals surface area contributed by atoms with Crippen molar-refractivity contribution in [2.75, 3.05) is 5.75 Å². The van der Waals surface area contributed by atoms with Crippen LogP contribution in [0.3, 0.4) is 0 Å². The third-order valence-electron chi connectivity index (χ3n) is 3.71. The number of carbonyl (C=O) groups excluding carboxylic acids is 1. The highest BCUT2D eigenvalue weighted by Gasteiger charge is 2.30. The van der Waals surface area contributed by atoms with Crippen LogP contribution in [0.25, 0.3) is 0 Å². The Kier molecular flexibility index (Phi) is 3.85. The molecule has 1 aliphatic carbocycles. The summed E-state index contributed by atoms with van der Waals surface area (Å²) in [6, 6.07) is 8.48. The number of hydrogen-bond acceptors (Lipinski definition) is 3. The predicted octanol–water partition coefficient (Wildman–Crippen LogP) is 2.47. The molecule has 2 atom stereocenters. The maximum atomic E-state index is 12.2. The molecule has 0 heterocycles. The van der Waals surface area contributed by atoms with E-state index in [1.165, 1.54) is 0 Å². The quantitative estimate of drug-likeness (QED) is 0.844. The lowest BCUT2D eigenvalue weighted by Crippen LogP contribution is -2.29. The lowest BCUT2D eigenvalue weighted by Gasteiger charge is -2.27. The number of ketones is 1. The first-order valence-corrected chi connectivity index (χ1v) is 7.94. The summed E-state index contributed by atoms with van der Waals surface area (Å²) in [5.74, 6) is 0.559. The third kappa shape index (κ3) is 2.99. The fourth-order valence-corrected chi connectivity index (χ4v) is 4.22. The molecule has 18 heavy (non-hydrogen) atoms. The minimum Gasteiger partial charge on any atom is -0.300 e. The first kappa shape index (κ1) is 13.3. The summed E-state index contributed by atoms with van der Waals surface area (Å²) in [7, 11) is -3.27. The van der Waals surface area contributed by atoms with Crippen molar-refractivity contribution in [3.63, 3.8) is 0 Å². The Labute approximate surface area is 108 Å². The maximum absolute atomic E-state index is 12.2. The predicted molar refractivity (Wildman–Crippen MR) is 70.0 cm³/mol. The van der Waals surface area contributed by atoms with Gasteiger partial charge in [-0.2, -0.15) is 0 Å². The molecule has 0 amide bonds. The highest BCUT2D eigenvalue weighted by Crippen LogP contribution is 2.30. The lowest BCUT2D eigenvalue weighted by atomic mass is 9.81. The molecule has 1 aliphatic rings. The van der Waals surface area contributed by atoms with E-state index < -0.39 is 9.84 Å². The van der Waals surface area contributed by atoms with E-state index >= 15 is 0 Å². The van der Waals surface area contributed by atoms with Crippen LogP contribution in [0.4, 0.5) is 0 Å². The minimum atomic E-state index is -3.27. The van der Waals surface area contributed by atoms with Gasteiger partial charge in [-0.25, -0.2) is 8.42 Å². The van der Waals surface area contributed by atoms with E-state index in [1.807, 2.05) is 6.92 Å². The van der Waals surface area contributed by atoms with Gasteiger partial charge in [0.2, 0.25) is 0 Å². The van der Waals surface area contributed by atoms with Crippen molar-refractivity contribution < 1.29 is 13.2 Å². The van der Waals surface area contributed by atoms with Crippen molar-refractivity contribution in [2.24, 2.45) is 11.8 Å². The van der Waals surface area contributed by atoms with Gasteiger partial charge in [0.05, 0.1) is 10.6 Å². The van der Waals surface area contributed by atoms with Gasteiger partial charge < -0.3 is 0 Å². The van der Waals surface area contributed by atoms with E-state index in [2.05, 4.69) is 0 Å². The van der Waals surface area contributed by atoms with Crippen molar-refractivity contribution in [3.8, 4) is 0 Å². The second kappa shape index (κ2) is 5.22. The van der Waals surface area contributed by atoms with Crippen molar-refractivity contribution in [3.05, 3.63) is 30.3 Å². The van der Waals surface area contributed by atoms with Crippen LogP contribution in [0.2, 0.25) is 0 Å². The zero-order valence-corrected chi connectivity index (χ0v) is 11.3. The van der Waals surface area contributed by atoms with Crippen LogP contribution >= 0.6 is 0 Å². The summed E-state index contributed by atoms with van der Waals surface area (Å²) in [5, 5.41) is 0. The molecule has 0 N–H and O–H groups in total.